The van der Waals surface area contributed by atoms with Crippen LogP contribution in [-0.2, 0) is 16.1 Å². The highest BCUT2D eigenvalue weighted by Crippen LogP contribution is 2.27. The number of carbonyl (C=O) groups is 2. The maximum absolute atomic E-state index is 13.7. The Labute approximate surface area is 158 Å². The van der Waals surface area contributed by atoms with Crippen LogP contribution in [0, 0.1) is 17.6 Å². The summed E-state index contributed by atoms with van der Waals surface area (Å²) in [5, 5.41) is 8.20. The average Bonchev–Trinajstić information content (AvgIpc) is 2.60. The van der Waals surface area contributed by atoms with E-state index in [0.717, 1.165) is 12.1 Å². The molecule has 3 N–H and O–H groups in total. The number of hydrogen-bond donors (Lipinski definition) is 3. The Hall–Kier alpha value is -2.22. The standard InChI is InChI=1S/C19H27F2N3O3/c1-11(2)23-19(26)24-16-9-12(7-8-17(16)27-3)18(25)22-10-13-14(20)5-4-6-15(13)21/h4-6,11-12,16-17H,7-10H2,1-3H3,(H,22,25)(H2,23,24,26)/t12-,16+,17+/m0/s1. The Morgan fingerprint density at radius 1 is 1.22 bits per heavy atom. The first-order valence-corrected chi connectivity index (χ1v) is 9.12. The zero-order valence-corrected chi connectivity index (χ0v) is 15.9. The minimum absolute atomic E-state index is 0.00986. The number of nitrogens with one attached hydrogen (secondary N) is 3. The number of methoxy groups -OCH3 is 1. The zero-order chi connectivity index (χ0) is 20.0. The number of amides is 3. The number of ether oxygens (including phenoxy) is 1. The van der Waals surface area contributed by atoms with Crippen molar-refractivity contribution < 1.29 is 23.1 Å². The third-order valence-corrected chi connectivity index (χ3v) is 4.70. The van der Waals surface area contributed by atoms with Crippen molar-refractivity contribution in [2.75, 3.05) is 7.11 Å². The summed E-state index contributed by atoms with van der Waals surface area (Å²) in [7, 11) is 1.57. The van der Waals surface area contributed by atoms with Crippen molar-refractivity contribution >= 4 is 11.9 Å². The number of halogens is 2. The lowest BCUT2D eigenvalue weighted by molar-refractivity contribution is -0.127. The largest absolute Gasteiger partial charge is 0.379 e. The van der Waals surface area contributed by atoms with Gasteiger partial charge in [0, 0.05) is 31.2 Å². The van der Waals surface area contributed by atoms with Gasteiger partial charge in [0.15, 0.2) is 0 Å². The van der Waals surface area contributed by atoms with Gasteiger partial charge in [-0.2, -0.15) is 0 Å². The van der Waals surface area contributed by atoms with Crippen LogP contribution in [0.2, 0.25) is 0 Å². The van der Waals surface area contributed by atoms with E-state index in [9.17, 15) is 18.4 Å². The Bertz CT molecular complexity index is 649. The van der Waals surface area contributed by atoms with E-state index in [1.165, 1.54) is 6.07 Å². The summed E-state index contributed by atoms with van der Waals surface area (Å²) >= 11 is 0. The predicted octanol–water partition coefficient (Wildman–Crippen LogP) is 2.47. The normalized spacial score (nSPS) is 22.4. The summed E-state index contributed by atoms with van der Waals surface area (Å²) < 4.78 is 32.8. The van der Waals surface area contributed by atoms with E-state index in [-0.39, 0.29) is 48.2 Å². The molecule has 0 radical (unpaired) electrons. The molecular formula is C19H27F2N3O3. The van der Waals surface area contributed by atoms with E-state index in [1.807, 2.05) is 13.8 Å². The Morgan fingerprint density at radius 2 is 1.89 bits per heavy atom. The van der Waals surface area contributed by atoms with Gasteiger partial charge in [-0.15, -0.1) is 0 Å². The molecule has 0 aliphatic heterocycles. The van der Waals surface area contributed by atoms with Crippen LogP contribution in [0.3, 0.4) is 0 Å². The van der Waals surface area contributed by atoms with Crippen molar-refractivity contribution in [1.82, 2.24) is 16.0 Å². The highest BCUT2D eigenvalue weighted by atomic mass is 19.1. The number of benzene rings is 1. The van der Waals surface area contributed by atoms with E-state index in [0.29, 0.717) is 19.3 Å². The maximum Gasteiger partial charge on any atom is 0.315 e. The van der Waals surface area contributed by atoms with Gasteiger partial charge in [-0.25, -0.2) is 13.6 Å². The van der Waals surface area contributed by atoms with Crippen LogP contribution in [0.25, 0.3) is 0 Å². The Kier molecular flexibility index (Phi) is 7.53. The van der Waals surface area contributed by atoms with Gasteiger partial charge in [0.1, 0.15) is 11.6 Å². The number of rotatable bonds is 6. The number of urea groups is 1. The second kappa shape index (κ2) is 9.64. The Morgan fingerprint density at radius 3 is 2.48 bits per heavy atom. The molecule has 1 aliphatic rings. The molecule has 1 aliphatic carbocycles. The molecular weight excluding hydrogens is 356 g/mol. The Balaban J connectivity index is 1.95. The molecule has 6 nitrogen and oxygen atoms in total. The number of hydrogen-bond acceptors (Lipinski definition) is 3. The van der Waals surface area contributed by atoms with Gasteiger partial charge in [-0.05, 0) is 45.2 Å². The van der Waals surface area contributed by atoms with Crippen molar-refractivity contribution in [3.05, 3.63) is 35.4 Å². The van der Waals surface area contributed by atoms with Crippen molar-refractivity contribution in [3.63, 3.8) is 0 Å². The van der Waals surface area contributed by atoms with Gasteiger partial charge >= 0.3 is 6.03 Å². The first kappa shape index (κ1) is 21.1. The quantitative estimate of drug-likeness (QED) is 0.706. The first-order chi connectivity index (χ1) is 12.8. The second-order valence-corrected chi connectivity index (χ2v) is 7.08. The summed E-state index contributed by atoms with van der Waals surface area (Å²) in [5.41, 5.74) is -0.164. The molecule has 0 aromatic heterocycles. The molecule has 0 unspecified atom stereocenters. The minimum Gasteiger partial charge on any atom is -0.379 e. The smallest absolute Gasteiger partial charge is 0.315 e. The molecule has 1 saturated carbocycles. The molecule has 0 spiro atoms. The number of carbonyl (C=O) groups excluding carboxylic acids is 2. The topological polar surface area (TPSA) is 79.5 Å². The van der Waals surface area contributed by atoms with Gasteiger partial charge in [0.05, 0.1) is 12.1 Å². The van der Waals surface area contributed by atoms with Gasteiger partial charge in [0.2, 0.25) is 5.91 Å². The molecule has 8 heteroatoms. The van der Waals surface area contributed by atoms with E-state index in [2.05, 4.69) is 16.0 Å². The molecule has 1 fully saturated rings. The third kappa shape index (κ3) is 5.89. The van der Waals surface area contributed by atoms with Crippen LogP contribution in [0.5, 0.6) is 0 Å². The molecule has 2 rings (SSSR count). The van der Waals surface area contributed by atoms with Gasteiger partial charge in [-0.1, -0.05) is 6.07 Å². The van der Waals surface area contributed by atoms with E-state index < -0.39 is 11.6 Å². The first-order valence-electron chi connectivity index (χ1n) is 9.12. The van der Waals surface area contributed by atoms with Crippen molar-refractivity contribution in [2.24, 2.45) is 5.92 Å². The molecule has 27 heavy (non-hydrogen) atoms. The SMILES string of the molecule is CO[C@@H]1CC[C@H](C(=O)NCc2c(F)cccc2F)C[C@H]1NC(=O)NC(C)C. The fourth-order valence-electron chi connectivity index (χ4n) is 3.31. The van der Waals surface area contributed by atoms with Gasteiger partial charge < -0.3 is 20.7 Å². The van der Waals surface area contributed by atoms with Crippen LogP contribution in [0.1, 0.15) is 38.7 Å². The molecule has 150 valence electrons. The molecule has 1 aromatic rings. The summed E-state index contributed by atoms with van der Waals surface area (Å²) in [6.45, 7) is 3.49. The lowest BCUT2D eigenvalue weighted by atomic mass is 9.83. The molecule has 0 bridgehead atoms. The van der Waals surface area contributed by atoms with E-state index in [4.69, 9.17) is 4.74 Å². The van der Waals surface area contributed by atoms with E-state index in [1.54, 1.807) is 7.11 Å². The van der Waals surface area contributed by atoms with Crippen molar-refractivity contribution in [2.45, 2.75) is 57.8 Å². The second-order valence-electron chi connectivity index (χ2n) is 7.08. The van der Waals surface area contributed by atoms with Crippen LogP contribution < -0.4 is 16.0 Å². The highest BCUT2D eigenvalue weighted by Gasteiger charge is 2.35. The van der Waals surface area contributed by atoms with E-state index >= 15 is 0 Å². The van der Waals surface area contributed by atoms with Gasteiger partial charge in [-0.3, -0.25) is 4.79 Å². The fraction of sp³-hybridized carbons (Fsp3) is 0.579. The lowest BCUT2D eigenvalue weighted by Crippen LogP contribution is -2.53. The lowest BCUT2D eigenvalue weighted by Gasteiger charge is -2.35. The van der Waals surface area contributed by atoms with Crippen LogP contribution >= 0.6 is 0 Å². The van der Waals surface area contributed by atoms with Crippen LogP contribution in [0.15, 0.2) is 18.2 Å². The van der Waals surface area contributed by atoms with Gasteiger partial charge in [0.25, 0.3) is 0 Å². The monoisotopic (exact) mass is 383 g/mol. The highest BCUT2D eigenvalue weighted by molar-refractivity contribution is 5.79. The molecule has 3 atom stereocenters. The molecule has 3 amide bonds. The summed E-state index contributed by atoms with van der Waals surface area (Å²) in [4.78, 5) is 24.5. The summed E-state index contributed by atoms with van der Waals surface area (Å²) in [6.07, 6.45) is 1.40. The maximum atomic E-state index is 13.7. The zero-order valence-electron chi connectivity index (χ0n) is 15.9. The molecule has 0 saturated heterocycles. The summed E-state index contributed by atoms with van der Waals surface area (Å²) in [5.74, 6) is -2.04. The van der Waals surface area contributed by atoms with Crippen LogP contribution in [0.4, 0.5) is 13.6 Å². The predicted molar refractivity (Wildman–Crippen MR) is 96.9 cm³/mol. The molecule has 1 aromatic carbocycles. The minimum atomic E-state index is -0.691. The summed E-state index contributed by atoms with van der Waals surface area (Å²) in [6, 6.07) is 2.95. The third-order valence-electron chi connectivity index (χ3n) is 4.70. The van der Waals surface area contributed by atoms with Crippen LogP contribution in [-0.4, -0.2) is 37.2 Å². The van der Waals surface area contributed by atoms with Crippen molar-refractivity contribution in [1.29, 1.82) is 0 Å². The van der Waals surface area contributed by atoms with Crippen molar-refractivity contribution in [3.8, 4) is 0 Å². The average molecular weight is 383 g/mol. The fourth-order valence-corrected chi connectivity index (χ4v) is 3.31. The molecule has 0 heterocycles.